The topological polar surface area (TPSA) is 74.9 Å². The third kappa shape index (κ3) is 3.23. The molecule has 2 aromatic heterocycles. The lowest BCUT2D eigenvalue weighted by atomic mass is 9.83. The number of piperidine rings is 1. The number of amides is 1. The van der Waals surface area contributed by atoms with Gasteiger partial charge in [0.2, 0.25) is 0 Å². The first-order chi connectivity index (χ1) is 13.1. The first-order valence-electron chi connectivity index (χ1n) is 9.23. The van der Waals surface area contributed by atoms with Crippen LogP contribution in [0.4, 0.5) is 0 Å². The average Bonchev–Trinajstić information content (AvgIpc) is 3.12. The molecule has 6 heteroatoms. The van der Waals surface area contributed by atoms with Gasteiger partial charge in [-0.05, 0) is 24.0 Å². The molecule has 1 aliphatic heterocycles. The van der Waals surface area contributed by atoms with Crippen LogP contribution in [0, 0.1) is 11.3 Å². The van der Waals surface area contributed by atoms with Gasteiger partial charge in [-0.3, -0.25) is 14.5 Å². The second-order valence-electron chi connectivity index (χ2n) is 7.44. The van der Waals surface area contributed by atoms with Crippen LogP contribution in [0.3, 0.4) is 0 Å². The van der Waals surface area contributed by atoms with Crippen LogP contribution in [0.2, 0.25) is 0 Å². The van der Waals surface area contributed by atoms with Gasteiger partial charge in [0.25, 0.3) is 5.91 Å². The molecule has 1 amide bonds. The van der Waals surface area contributed by atoms with Crippen molar-refractivity contribution in [1.29, 1.82) is 5.41 Å². The van der Waals surface area contributed by atoms with Gasteiger partial charge in [-0.1, -0.05) is 25.1 Å². The highest BCUT2D eigenvalue weighted by atomic mass is 16.2. The highest BCUT2D eigenvalue weighted by Crippen LogP contribution is 2.35. The van der Waals surface area contributed by atoms with Crippen LogP contribution in [-0.2, 0) is 7.05 Å². The van der Waals surface area contributed by atoms with Crippen molar-refractivity contribution in [1.82, 2.24) is 19.7 Å². The Bertz CT molecular complexity index is 1010. The summed E-state index contributed by atoms with van der Waals surface area (Å²) < 4.78 is 1.66. The number of fused-ring (bicyclic) bond motifs is 1. The number of pyridine rings is 1. The minimum absolute atomic E-state index is 0.0400. The second kappa shape index (κ2) is 6.95. The molecule has 1 aliphatic rings. The van der Waals surface area contributed by atoms with E-state index in [4.69, 9.17) is 5.41 Å². The predicted molar refractivity (Wildman–Crippen MR) is 105 cm³/mol. The third-order valence-electron chi connectivity index (χ3n) is 5.33. The monoisotopic (exact) mass is 361 g/mol. The molecule has 27 heavy (non-hydrogen) atoms. The lowest BCUT2D eigenvalue weighted by Gasteiger charge is -2.37. The molecule has 1 N–H and O–H groups in total. The van der Waals surface area contributed by atoms with Crippen molar-refractivity contribution in [2.75, 3.05) is 13.1 Å². The Morgan fingerprint density at radius 1 is 1.30 bits per heavy atom. The minimum Gasteiger partial charge on any atom is -0.338 e. The zero-order chi connectivity index (χ0) is 19.0. The Morgan fingerprint density at radius 3 is 2.89 bits per heavy atom. The van der Waals surface area contributed by atoms with Crippen molar-refractivity contribution in [2.45, 2.75) is 19.3 Å². The Balaban J connectivity index is 1.69. The van der Waals surface area contributed by atoms with Gasteiger partial charge in [-0.2, -0.15) is 5.10 Å². The van der Waals surface area contributed by atoms with E-state index in [0.29, 0.717) is 18.0 Å². The van der Waals surface area contributed by atoms with E-state index >= 15 is 0 Å². The molecular formula is C21H23N5O. The number of nitrogens with one attached hydrogen (secondary N) is 1. The number of hydrogen-bond acceptors (Lipinski definition) is 4. The maximum absolute atomic E-state index is 12.9. The smallest absolute Gasteiger partial charge is 0.257 e. The molecule has 2 atom stereocenters. The number of rotatable bonds is 3. The molecule has 0 spiro atoms. The molecule has 6 nitrogen and oxygen atoms in total. The maximum Gasteiger partial charge on any atom is 0.257 e. The number of carbonyl (C=O) groups is 1. The maximum atomic E-state index is 12.9. The van der Waals surface area contributed by atoms with Crippen molar-refractivity contribution in [2.24, 2.45) is 13.0 Å². The predicted octanol–water partition coefficient (Wildman–Crippen LogP) is 3.23. The van der Waals surface area contributed by atoms with Gasteiger partial charge in [0.15, 0.2) is 0 Å². The fourth-order valence-corrected chi connectivity index (χ4v) is 4.15. The van der Waals surface area contributed by atoms with Gasteiger partial charge in [0, 0.05) is 55.6 Å². The molecule has 3 heterocycles. The summed E-state index contributed by atoms with van der Waals surface area (Å²) in [6.45, 7) is 3.65. The summed E-state index contributed by atoms with van der Waals surface area (Å²) >= 11 is 0. The average molecular weight is 361 g/mol. The van der Waals surface area contributed by atoms with Crippen LogP contribution in [0.5, 0.6) is 0 Å². The summed E-state index contributed by atoms with van der Waals surface area (Å²) in [4.78, 5) is 19.4. The SMILES string of the molecule is C[C@@H]1C[C@H](c2ccc(C=N)c3ncccc23)CN(C(=O)c2cnn(C)c2)C1. The number of aryl methyl sites for hydroxylation is 1. The number of aromatic nitrogens is 3. The molecule has 3 aromatic rings. The molecule has 0 radical (unpaired) electrons. The van der Waals surface area contributed by atoms with Gasteiger partial charge in [-0.15, -0.1) is 0 Å². The Kier molecular flexibility index (Phi) is 4.48. The van der Waals surface area contributed by atoms with E-state index in [-0.39, 0.29) is 11.8 Å². The lowest BCUT2D eigenvalue weighted by Crippen LogP contribution is -2.42. The zero-order valence-electron chi connectivity index (χ0n) is 15.6. The fourth-order valence-electron chi connectivity index (χ4n) is 4.15. The molecule has 0 bridgehead atoms. The van der Waals surface area contributed by atoms with Crippen molar-refractivity contribution in [3.63, 3.8) is 0 Å². The van der Waals surface area contributed by atoms with Gasteiger partial charge >= 0.3 is 0 Å². The van der Waals surface area contributed by atoms with E-state index < -0.39 is 0 Å². The summed E-state index contributed by atoms with van der Waals surface area (Å²) in [6, 6.07) is 8.06. The lowest BCUT2D eigenvalue weighted by molar-refractivity contribution is 0.0659. The van der Waals surface area contributed by atoms with Gasteiger partial charge in [0.05, 0.1) is 17.3 Å². The quantitative estimate of drug-likeness (QED) is 0.728. The molecule has 0 saturated carbocycles. The summed E-state index contributed by atoms with van der Waals surface area (Å²) in [5.41, 5.74) is 3.52. The number of likely N-dealkylation sites (tertiary alicyclic amines) is 1. The summed E-state index contributed by atoms with van der Waals surface area (Å²) in [7, 11) is 1.82. The van der Waals surface area contributed by atoms with Gasteiger partial charge < -0.3 is 10.3 Å². The van der Waals surface area contributed by atoms with E-state index in [1.807, 2.05) is 24.1 Å². The highest BCUT2D eigenvalue weighted by Gasteiger charge is 2.30. The van der Waals surface area contributed by atoms with Crippen molar-refractivity contribution in [3.8, 4) is 0 Å². The Hall–Kier alpha value is -3.02. The Labute approximate surface area is 158 Å². The van der Waals surface area contributed by atoms with E-state index in [9.17, 15) is 4.79 Å². The molecule has 138 valence electrons. The van der Waals surface area contributed by atoms with Crippen LogP contribution in [0.1, 0.15) is 40.7 Å². The summed E-state index contributed by atoms with van der Waals surface area (Å²) in [5.74, 6) is 0.706. The molecule has 1 aromatic carbocycles. The van der Waals surface area contributed by atoms with E-state index in [1.165, 1.54) is 11.8 Å². The first kappa shape index (κ1) is 17.4. The highest BCUT2D eigenvalue weighted by molar-refractivity contribution is 5.98. The third-order valence-corrected chi connectivity index (χ3v) is 5.33. The number of hydrogen-bond donors (Lipinski definition) is 1. The van der Waals surface area contributed by atoms with Gasteiger partial charge in [-0.25, -0.2) is 0 Å². The van der Waals surface area contributed by atoms with Crippen molar-refractivity contribution >= 4 is 23.0 Å². The second-order valence-corrected chi connectivity index (χ2v) is 7.44. The van der Waals surface area contributed by atoms with Gasteiger partial charge in [0.1, 0.15) is 0 Å². The molecule has 1 fully saturated rings. The van der Waals surface area contributed by atoms with Crippen LogP contribution in [0.25, 0.3) is 10.9 Å². The van der Waals surface area contributed by atoms with E-state index in [0.717, 1.165) is 29.4 Å². The first-order valence-corrected chi connectivity index (χ1v) is 9.23. The standard InChI is InChI=1S/C21H23N5O/c1-14-8-16(13-26(11-14)21(27)17-10-24-25(2)12-17)18-6-5-15(9-22)20-19(18)4-3-7-23-20/h3-7,9-10,12,14,16,22H,8,11,13H2,1-2H3/t14-,16+/m1/s1. The van der Waals surface area contributed by atoms with Crippen molar-refractivity contribution < 1.29 is 4.79 Å². The molecular weight excluding hydrogens is 338 g/mol. The summed E-state index contributed by atoms with van der Waals surface area (Å²) in [5, 5.41) is 12.8. The molecule has 1 saturated heterocycles. The molecule has 0 unspecified atom stereocenters. The van der Waals surface area contributed by atoms with Crippen LogP contribution in [-0.4, -0.2) is 44.9 Å². The number of benzene rings is 1. The largest absolute Gasteiger partial charge is 0.338 e. The normalized spacial score (nSPS) is 20.0. The summed E-state index contributed by atoms with van der Waals surface area (Å²) in [6.07, 6.45) is 7.55. The number of nitrogens with zero attached hydrogens (tertiary/aromatic N) is 4. The minimum atomic E-state index is 0.0400. The van der Waals surface area contributed by atoms with Crippen LogP contribution < -0.4 is 0 Å². The van der Waals surface area contributed by atoms with Crippen molar-refractivity contribution in [3.05, 3.63) is 59.5 Å². The van der Waals surface area contributed by atoms with E-state index in [2.05, 4.69) is 29.1 Å². The number of carbonyl (C=O) groups excluding carboxylic acids is 1. The Morgan fingerprint density at radius 2 is 2.15 bits per heavy atom. The zero-order valence-corrected chi connectivity index (χ0v) is 15.6. The van der Waals surface area contributed by atoms with Crippen LogP contribution in [0.15, 0.2) is 42.9 Å². The van der Waals surface area contributed by atoms with E-state index in [1.54, 1.807) is 23.3 Å². The molecule has 4 rings (SSSR count). The fraction of sp³-hybridized carbons (Fsp3) is 0.333. The molecule has 0 aliphatic carbocycles. The van der Waals surface area contributed by atoms with Crippen LogP contribution >= 0.6 is 0 Å².